The molecule has 7 nitrogen and oxygen atoms in total. The van der Waals surface area contributed by atoms with Crippen molar-refractivity contribution in [2.75, 3.05) is 12.4 Å². The van der Waals surface area contributed by atoms with Crippen molar-refractivity contribution in [3.8, 4) is 11.5 Å². The van der Waals surface area contributed by atoms with E-state index in [0.717, 1.165) is 10.0 Å². The number of halogens is 1. The molecule has 0 saturated carbocycles. The minimum atomic E-state index is -0.930. The zero-order valence-electron chi connectivity index (χ0n) is 13.5. The molecule has 0 aliphatic rings. The van der Waals surface area contributed by atoms with Crippen LogP contribution in [-0.2, 0) is 9.59 Å². The highest BCUT2D eigenvalue weighted by Crippen LogP contribution is 2.27. The number of hydrogen-bond donors (Lipinski definition) is 3. The molecule has 0 aliphatic heterocycles. The molecule has 0 aromatic heterocycles. The third-order valence-corrected chi connectivity index (χ3v) is 3.76. The number of carbonyl (C=O) groups excluding carboxylic acids is 2. The average molecular weight is 406 g/mol. The number of hydrogen-bond acceptors (Lipinski definition) is 5. The quantitative estimate of drug-likeness (QED) is 0.413. The Labute approximate surface area is 152 Å². The summed E-state index contributed by atoms with van der Waals surface area (Å²) in [6, 6.07) is 10.1. The Morgan fingerprint density at radius 3 is 2.68 bits per heavy atom. The monoisotopic (exact) mass is 405 g/mol. The molecule has 0 fully saturated rings. The molecule has 0 saturated heterocycles. The van der Waals surface area contributed by atoms with E-state index in [9.17, 15) is 14.7 Å². The smallest absolute Gasteiger partial charge is 0.329 e. The number of phenols is 1. The Hall–Kier alpha value is -2.87. The average Bonchev–Trinajstić information content (AvgIpc) is 2.58. The summed E-state index contributed by atoms with van der Waals surface area (Å²) in [5.41, 5.74) is 3.77. The fourth-order valence-electron chi connectivity index (χ4n) is 1.97. The first-order valence-corrected chi connectivity index (χ1v) is 7.98. The van der Waals surface area contributed by atoms with Gasteiger partial charge in [-0.05, 0) is 42.8 Å². The lowest BCUT2D eigenvalue weighted by Gasteiger charge is -2.07. The van der Waals surface area contributed by atoms with Crippen LogP contribution < -0.4 is 15.5 Å². The van der Waals surface area contributed by atoms with Crippen LogP contribution in [0, 0.1) is 6.92 Å². The highest BCUT2D eigenvalue weighted by atomic mass is 79.9. The molecule has 3 N–H and O–H groups in total. The number of aromatic hydroxyl groups is 1. The van der Waals surface area contributed by atoms with Gasteiger partial charge >= 0.3 is 11.8 Å². The predicted molar refractivity (Wildman–Crippen MR) is 97.9 cm³/mol. The molecule has 2 amide bonds. The second kappa shape index (κ2) is 8.29. The van der Waals surface area contributed by atoms with Gasteiger partial charge in [-0.15, -0.1) is 0 Å². The van der Waals surface area contributed by atoms with Crippen LogP contribution in [0.1, 0.15) is 11.1 Å². The number of benzene rings is 2. The van der Waals surface area contributed by atoms with E-state index in [2.05, 4.69) is 31.8 Å². The van der Waals surface area contributed by atoms with Crippen LogP contribution in [0.4, 0.5) is 5.69 Å². The molecule has 0 spiro atoms. The van der Waals surface area contributed by atoms with Gasteiger partial charge in [-0.25, -0.2) is 5.43 Å². The van der Waals surface area contributed by atoms with Gasteiger partial charge in [0.25, 0.3) is 0 Å². The number of methoxy groups -OCH3 is 1. The molecule has 0 aliphatic carbocycles. The number of rotatable bonds is 4. The third kappa shape index (κ3) is 4.80. The van der Waals surface area contributed by atoms with E-state index in [1.165, 1.54) is 13.3 Å². The van der Waals surface area contributed by atoms with E-state index in [1.54, 1.807) is 30.3 Å². The van der Waals surface area contributed by atoms with Gasteiger partial charge < -0.3 is 15.2 Å². The summed E-state index contributed by atoms with van der Waals surface area (Å²) in [4.78, 5) is 23.7. The number of nitrogens with one attached hydrogen (secondary N) is 2. The minimum absolute atomic E-state index is 0.113. The molecule has 0 radical (unpaired) electrons. The molecule has 0 atom stereocenters. The number of carbonyl (C=O) groups is 2. The van der Waals surface area contributed by atoms with Gasteiger partial charge in [-0.3, -0.25) is 9.59 Å². The van der Waals surface area contributed by atoms with Crippen molar-refractivity contribution < 1.29 is 19.4 Å². The first-order chi connectivity index (χ1) is 11.9. The molecular formula is C17H16BrN3O4. The fraction of sp³-hybridized carbons (Fsp3) is 0.118. The van der Waals surface area contributed by atoms with Gasteiger partial charge in [-0.2, -0.15) is 5.10 Å². The van der Waals surface area contributed by atoms with E-state index in [4.69, 9.17) is 4.74 Å². The van der Waals surface area contributed by atoms with Crippen molar-refractivity contribution >= 4 is 39.6 Å². The van der Waals surface area contributed by atoms with Crippen molar-refractivity contribution in [3.63, 3.8) is 0 Å². The van der Waals surface area contributed by atoms with Crippen molar-refractivity contribution in [2.24, 2.45) is 5.10 Å². The van der Waals surface area contributed by atoms with E-state index >= 15 is 0 Å². The zero-order valence-corrected chi connectivity index (χ0v) is 15.1. The van der Waals surface area contributed by atoms with Gasteiger partial charge in [-0.1, -0.05) is 22.0 Å². The van der Waals surface area contributed by atoms with E-state index in [0.29, 0.717) is 11.3 Å². The molecule has 0 unspecified atom stereocenters. The van der Waals surface area contributed by atoms with Crippen LogP contribution in [0.2, 0.25) is 0 Å². The third-order valence-electron chi connectivity index (χ3n) is 3.26. The van der Waals surface area contributed by atoms with Gasteiger partial charge in [0.1, 0.15) is 0 Å². The standard InChI is InChI=1S/C17H16BrN3O4/c1-10-8-12(18)6-7-13(10)20-16(23)17(24)21-19-9-11-4-3-5-14(25-2)15(11)22/h3-9,22H,1-2H3,(H,20,23)(H,21,24)/b19-9+. The summed E-state index contributed by atoms with van der Waals surface area (Å²) >= 11 is 3.32. The van der Waals surface area contributed by atoms with Crippen LogP contribution in [0.5, 0.6) is 11.5 Å². The summed E-state index contributed by atoms with van der Waals surface area (Å²) in [5.74, 6) is -1.62. The summed E-state index contributed by atoms with van der Waals surface area (Å²) in [6.07, 6.45) is 1.22. The van der Waals surface area contributed by atoms with Gasteiger partial charge in [0.15, 0.2) is 11.5 Å². The summed E-state index contributed by atoms with van der Waals surface area (Å²) in [5, 5.41) is 16.1. The first kappa shape index (κ1) is 18.5. The zero-order chi connectivity index (χ0) is 18.4. The van der Waals surface area contributed by atoms with Crippen LogP contribution in [0.3, 0.4) is 0 Å². The maximum Gasteiger partial charge on any atom is 0.329 e. The molecule has 2 aromatic carbocycles. The molecule has 0 bridgehead atoms. The Balaban J connectivity index is 1.99. The summed E-state index contributed by atoms with van der Waals surface area (Å²) in [7, 11) is 1.42. The van der Waals surface area contributed by atoms with Crippen LogP contribution in [-0.4, -0.2) is 30.2 Å². The number of hydrazone groups is 1. The number of nitrogens with zero attached hydrogens (tertiary/aromatic N) is 1. The van der Waals surface area contributed by atoms with Crippen LogP contribution in [0.15, 0.2) is 46.0 Å². The number of ether oxygens (including phenoxy) is 1. The maximum absolute atomic E-state index is 11.9. The number of anilines is 1. The molecule has 25 heavy (non-hydrogen) atoms. The lowest BCUT2D eigenvalue weighted by Crippen LogP contribution is -2.32. The van der Waals surface area contributed by atoms with Crippen molar-refractivity contribution in [3.05, 3.63) is 52.0 Å². The largest absolute Gasteiger partial charge is 0.504 e. The molecule has 0 heterocycles. The maximum atomic E-state index is 11.9. The molecule has 2 rings (SSSR count). The Kier molecular flexibility index (Phi) is 6.13. The molecular weight excluding hydrogens is 390 g/mol. The highest BCUT2D eigenvalue weighted by molar-refractivity contribution is 9.10. The summed E-state index contributed by atoms with van der Waals surface area (Å²) in [6.45, 7) is 1.81. The SMILES string of the molecule is COc1cccc(/C=N/NC(=O)C(=O)Nc2ccc(Br)cc2C)c1O. The lowest BCUT2D eigenvalue weighted by molar-refractivity contribution is -0.136. The van der Waals surface area contributed by atoms with E-state index in [1.807, 2.05) is 13.0 Å². The summed E-state index contributed by atoms with van der Waals surface area (Å²) < 4.78 is 5.84. The van der Waals surface area contributed by atoms with Crippen LogP contribution >= 0.6 is 15.9 Å². The fourth-order valence-corrected chi connectivity index (χ4v) is 2.44. The highest BCUT2D eigenvalue weighted by Gasteiger charge is 2.14. The Bertz CT molecular complexity index is 837. The van der Waals surface area contributed by atoms with E-state index in [-0.39, 0.29) is 11.5 Å². The number of para-hydroxylation sites is 1. The number of amides is 2. The predicted octanol–water partition coefficient (Wildman–Crippen LogP) is 2.56. The molecule has 130 valence electrons. The minimum Gasteiger partial charge on any atom is -0.504 e. The molecule has 2 aromatic rings. The lowest BCUT2D eigenvalue weighted by atomic mass is 10.2. The second-order valence-corrected chi connectivity index (χ2v) is 5.93. The first-order valence-electron chi connectivity index (χ1n) is 7.19. The van der Waals surface area contributed by atoms with Gasteiger partial charge in [0.2, 0.25) is 0 Å². The second-order valence-electron chi connectivity index (χ2n) is 5.01. The van der Waals surface area contributed by atoms with Crippen LogP contribution in [0.25, 0.3) is 0 Å². The Morgan fingerprint density at radius 1 is 1.24 bits per heavy atom. The van der Waals surface area contributed by atoms with Crippen molar-refractivity contribution in [2.45, 2.75) is 6.92 Å². The van der Waals surface area contributed by atoms with E-state index < -0.39 is 11.8 Å². The number of aryl methyl sites for hydroxylation is 1. The van der Waals surface area contributed by atoms with Crippen molar-refractivity contribution in [1.82, 2.24) is 5.43 Å². The topological polar surface area (TPSA) is 100 Å². The van der Waals surface area contributed by atoms with Gasteiger partial charge in [0, 0.05) is 15.7 Å². The molecule has 8 heteroatoms. The van der Waals surface area contributed by atoms with Gasteiger partial charge in [0.05, 0.1) is 13.3 Å². The van der Waals surface area contributed by atoms with Crippen molar-refractivity contribution in [1.29, 1.82) is 0 Å². The normalized spacial score (nSPS) is 10.5. The number of phenolic OH excluding ortho intramolecular Hbond substituents is 1. The Morgan fingerprint density at radius 2 is 2.00 bits per heavy atom.